The van der Waals surface area contributed by atoms with E-state index in [4.69, 9.17) is 26.4 Å². The van der Waals surface area contributed by atoms with Gasteiger partial charge in [0.2, 0.25) is 0 Å². The third-order valence-electron chi connectivity index (χ3n) is 2.51. The Morgan fingerprint density at radius 3 is 2.95 bits per heavy atom. The molecule has 0 aliphatic heterocycles. The first-order valence-corrected chi connectivity index (χ1v) is 5.73. The lowest BCUT2D eigenvalue weighted by atomic mass is 10.2. The molecule has 0 unspecified atom stereocenters. The van der Waals surface area contributed by atoms with Gasteiger partial charge in [-0.1, -0.05) is 11.6 Å². The zero-order chi connectivity index (χ0) is 13.8. The van der Waals surface area contributed by atoms with Crippen LogP contribution in [0.25, 0.3) is 0 Å². The van der Waals surface area contributed by atoms with E-state index < -0.39 is 5.97 Å². The molecule has 1 aromatic heterocycles. The van der Waals surface area contributed by atoms with Crippen LogP contribution in [0.2, 0.25) is 5.02 Å². The second kappa shape index (κ2) is 5.46. The first-order chi connectivity index (χ1) is 9.11. The van der Waals surface area contributed by atoms with E-state index in [-0.39, 0.29) is 12.1 Å². The molecular weight excluding hydrogens is 268 g/mol. The van der Waals surface area contributed by atoms with Crippen LogP contribution in [0.1, 0.15) is 21.7 Å². The summed E-state index contributed by atoms with van der Waals surface area (Å²) < 4.78 is 5.09. The van der Waals surface area contributed by atoms with Crippen LogP contribution < -0.4 is 5.32 Å². The van der Waals surface area contributed by atoms with Crippen molar-refractivity contribution in [3.8, 4) is 6.07 Å². The van der Waals surface area contributed by atoms with Crippen LogP contribution in [-0.4, -0.2) is 11.1 Å². The molecule has 2 aromatic rings. The number of carboxylic acids is 1. The predicted molar refractivity (Wildman–Crippen MR) is 69.2 cm³/mol. The van der Waals surface area contributed by atoms with Crippen molar-refractivity contribution in [2.24, 2.45) is 0 Å². The maximum Gasteiger partial charge on any atom is 0.339 e. The van der Waals surface area contributed by atoms with Crippen LogP contribution in [0.15, 0.2) is 34.9 Å². The number of benzene rings is 1. The van der Waals surface area contributed by atoms with Gasteiger partial charge in [0.25, 0.3) is 0 Å². The number of nitrogens with zero attached hydrogens (tertiary/aromatic N) is 1. The average molecular weight is 277 g/mol. The quantitative estimate of drug-likeness (QED) is 0.896. The molecule has 0 amide bonds. The van der Waals surface area contributed by atoms with E-state index in [0.29, 0.717) is 22.0 Å². The highest BCUT2D eigenvalue weighted by Gasteiger charge is 2.13. The van der Waals surface area contributed by atoms with Crippen LogP contribution >= 0.6 is 11.6 Å². The SMILES string of the molecule is N#Cc1ccc(Cl)c(NCc2occc2C(=O)O)c1. The highest BCUT2D eigenvalue weighted by Crippen LogP contribution is 2.24. The molecule has 0 saturated heterocycles. The highest BCUT2D eigenvalue weighted by atomic mass is 35.5. The summed E-state index contributed by atoms with van der Waals surface area (Å²) in [5.74, 6) is -0.756. The summed E-state index contributed by atoms with van der Waals surface area (Å²) in [4.78, 5) is 10.9. The molecule has 2 rings (SSSR count). The van der Waals surface area contributed by atoms with Crippen molar-refractivity contribution in [2.45, 2.75) is 6.54 Å². The van der Waals surface area contributed by atoms with Crippen LogP contribution in [0.3, 0.4) is 0 Å². The lowest BCUT2D eigenvalue weighted by Gasteiger charge is -2.07. The van der Waals surface area contributed by atoms with E-state index in [1.807, 2.05) is 6.07 Å². The number of halogens is 1. The summed E-state index contributed by atoms with van der Waals surface area (Å²) in [7, 11) is 0. The maximum atomic E-state index is 10.9. The fourth-order valence-corrected chi connectivity index (χ4v) is 1.76. The van der Waals surface area contributed by atoms with Gasteiger partial charge in [0.15, 0.2) is 0 Å². The monoisotopic (exact) mass is 276 g/mol. The molecule has 0 spiro atoms. The van der Waals surface area contributed by atoms with Gasteiger partial charge < -0.3 is 14.8 Å². The third-order valence-corrected chi connectivity index (χ3v) is 2.84. The summed E-state index contributed by atoms with van der Waals surface area (Å²) in [5, 5.41) is 21.1. The minimum Gasteiger partial charge on any atom is -0.478 e. The molecule has 19 heavy (non-hydrogen) atoms. The van der Waals surface area contributed by atoms with Crippen molar-refractivity contribution in [3.63, 3.8) is 0 Å². The Balaban J connectivity index is 2.17. The molecule has 1 heterocycles. The zero-order valence-corrected chi connectivity index (χ0v) is 10.4. The Bertz CT molecular complexity index is 658. The normalized spacial score (nSPS) is 9.89. The van der Waals surface area contributed by atoms with E-state index in [2.05, 4.69) is 5.32 Å². The van der Waals surface area contributed by atoms with E-state index >= 15 is 0 Å². The number of aromatic carboxylic acids is 1. The number of carboxylic acid groups (broad SMARTS) is 1. The Morgan fingerprint density at radius 2 is 2.26 bits per heavy atom. The molecule has 6 heteroatoms. The molecule has 0 saturated carbocycles. The van der Waals surface area contributed by atoms with E-state index in [9.17, 15) is 4.79 Å². The van der Waals surface area contributed by atoms with Gasteiger partial charge in [-0.2, -0.15) is 5.26 Å². The van der Waals surface area contributed by atoms with Crippen molar-refractivity contribution in [1.29, 1.82) is 5.26 Å². The summed E-state index contributed by atoms with van der Waals surface area (Å²) in [5.41, 5.74) is 1.11. The molecule has 2 N–H and O–H groups in total. The molecular formula is C13H9ClN2O3. The van der Waals surface area contributed by atoms with Gasteiger partial charge in [0.05, 0.1) is 35.2 Å². The molecule has 5 nitrogen and oxygen atoms in total. The van der Waals surface area contributed by atoms with E-state index in [0.717, 1.165) is 0 Å². The van der Waals surface area contributed by atoms with Gasteiger partial charge in [-0.05, 0) is 24.3 Å². The maximum absolute atomic E-state index is 10.9. The van der Waals surface area contributed by atoms with Gasteiger partial charge in [0, 0.05) is 0 Å². The van der Waals surface area contributed by atoms with Gasteiger partial charge in [-0.15, -0.1) is 0 Å². The number of hydrogen-bond acceptors (Lipinski definition) is 4. The summed E-state index contributed by atoms with van der Waals surface area (Å²) >= 11 is 5.98. The second-order valence-electron chi connectivity index (χ2n) is 3.72. The van der Waals surface area contributed by atoms with Crippen LogP contribution in [-0.2, 0) is 6.54 Å². The van der Waals surface area contributed by atoms with E-state index in [1.54, 1.807) is 18.2 Å². The number of nitriles is 1. The Kier molecular flexibility index (Phi) is 3.74. The molecule has 0 atom stereocenters. The minimum atomic E-state index is -1.05. The predicted octanol–water partition coefficient (Wildman–Crippen LogP) is 3.11. The average Bonchev–Trinajstić information content (AvgIpc) is 2.86. The fourth-order valence-electron chi connectivity index (χ4n) is 1.57. The largest absolute Gasteiger partial charge is 0.478 e. The Morgan fingerprint density at radius 1 is 1.47 bits per heavy atom. The van der Waals surface area contributed by atoms with Gasteiger partial charge in [-0.25, -0.2) is 4.79 Å². The molecule has 0 fully saturated rings. The number of anilines is 1. The number of hydrogen-bond donors (Lipinski definition) is 2. The standard InChI is InChI=1S/C13H9ClN2O3/c14-10-2-1-8(6-15)5-11(10)16-7-12-9(13(17)18)3-4-19-12/h1-5,16H,7H2,(H,17,18). The summed E-state index contributed by atoms with van der Waals surface area (Å²) in [6, 6.07) is 8.17. The van der Waals surface area contributed by atoms with Gasteiger partial charge >= 0.3 is 5.97 Å². The van der Waals surface area contributed by atoms with E-state index in [1.165, 1.54) is 12.3 Å². The lowest BCUT2D eigenvalue weighted by Crippen LogP contribution is -2.05. The molecule has 0 aliphatic carbocycles. The molecule has 0 radical (unpaired) electrons. The minimum absolute atomic E-state index is 0.0973. The summed E-state index contributed by atoms with van der Waals surface area (Å²) in [6.07, 6.45) is 1.31. The van der Waals surface area contributed by atoms with Crippen LogP contribution in [0.4, 0.5) is 5.69 Å². The van der Waals surface area contributed by atoms with Crippen LogP contribution in [0, 0.1) is 11.3 Å². The van der Waals surface area contributed by atoms with Gasteiger partial charge in [0.1, 0.15) is 11.3 Å². The third kappa shape index (κ3) is 2.87. The topological polar surface area (TPSA) is 86.3 Å². The van der Waals surface area contributed by atoms with Crippen molar-refractivity contribution >= 4 is 23.3 Å². The molecule has 0 bridgehead atoms. The molecule has 96 valence electrons. The van der Waals surface area contributed by atoms with Crippen molar-refractivity contribution in [3.05, 3.63) is 52.4 Å². The number of furan rings is 1. The first kappa shape index (κ1) is 13.0. The Hall–Kier alpha value is -2.45. The number of carbonyl (C=O) groups is 1. The van der Waals surface area contributed by atoms with Crippen molar-refractivity contribution in [1.82, 2.24) is 0 Å². The zero-order valence-electron chi connectivity index (χ0n) is 9.68. The van der Waals surface area contributed by atoms with Crippen molar-refractivity contribution in [2.75, 3.05) is 5.32 Å². The fraction of sp³-hybridized carbons (Fsp3) is 0.0769. The van der Waals surface area contributed by atoms with Crippen LogP contribution in [0.5, 0.6) is 0 Å². The Labute approximate surface area is 114 Å². The lowest BCUT2D eigenvalue weighted by molar-refractivity contribution is 0.0694. The summed E-state index contributed by atoms with van der Waals surface area (Å²) in [6.45, 7) is 0.170. The second-order valence-corrected chi connectivity index (χ2v) is 4.13. The number of nitrogens with one attached hydrogen (secondary N) is 1. The van der Waals surface area contributed by atoms with Crippen molar-refractivity contribution < 1.29 is 14.3 Å². The van der Waals surface area contributed by atoms with Gasteiger partial charge in [-0.3, -0.25) is 0 Å². The smallest absolute Gasteiger partial charge is 0.339 e. The molecule has 0 aliphatic rings. The number of rotatable bonds is 4. The first-order valence-electron chi connectivity index (χ1n) is 5.35. The highest BCUT2D eigenvalue weighted by molar-refractivity contribution is 6.33. The molecule has 1 aromatic carbocycles.